The first kappa shape index (κ1) is 27.1. The van der Waals surface area contributed by atoms with Crippen molar-refractivity contribution in [2.24, 2.45) is 0 Å². The molecule has 4 aromatic rings. The SMILES string of the molecule is O=C(O)c1cn(-c2ccc(CN3CCCC3)cc2F)c2c(Cl)c(N3CCN(c4ncccn4)CC3)c(F)cc2c1=O. The maximum absolute atomic E-state index is 15.6. The summed E-state index contributed by atoms with van der Waals surface area (Å²) in [4.78, 5) is 39.6. The van der Waals surface area contributed by atoms with Crippen LogP contribution in [0.1, 0.15) is 28.8 Å². The monoisotopic (exact) mass is 580 g/mol. The van der Waals surface area contributed by atoms with Crippen LogP contribution in [0.25, 0.3) is 16.6 Å². The Labute approximate surface area is 239 Å². The fourth-order valence-electron chi connectivity index (χ4n) is 5.66. The van der Waals surface area contributed by atoms with Crippen LogP contribution in [0.15, 0.2) is 53.7 Å². The van der Waals surface area contributed by atoms with Crippen molar-refractivity contribution in [3.05, 3.63) is 86.9 Å². The number of fused-ring (bicyclic) bond motifs is 1. The Balaban J connectivity index is 1.43. The van der Waals surface area contributed by atoms with Gasteiger partial charge in [0.15, 0.2) is 0 Å². The number of likely N-dealkylation sites (tertiary alicyclic amines) is 1. The standard InChI is InChI=1S/C29H27ClF2N6O3/c30-24-25-19(15-22(32)26(24)36-10-12-37(13-11-36)29-33-6-3-7-34-29)27(39)20(28(40)41)17-38(25)23-5-4-18(14-21(23)31)16-35-8-1-2-9-35/h3-7,14-15,17H,1-2,8-13,16H2,(H,40,41). The second kappa shape index (κ2) is 11.1. The topological polar surface area (TPSA) is 94.8 Å². The zero-order valence-corrected chi connectivity index (χ0v) is 22.8. The molecule has 2 aliphatic heterocycles. The molecule has 0 aliphatic carbocycles. The molecule has 9 nitrogen and oxygen atoms in total. The van der Waals surface area contributed by atoms with Gasteiger partial charge in [0.05, 0.1) is 27.3 Å². The molecular weight excluding hydrogens is 554 g/mol. The number of piperazine rings is 1. The molecule has 0 radical (unpaired) electrons. The van der Waals surface area contributed by atoms with Gasteiger partial charge in [-0.2, -0.15) is 0 Å². The molecule has 0 spiro atoms. The average Bonchev–Trinajstić information content (AvgIpc) is 3.48. The molecule has 2 aromatic carbocycles. The number of carboxylic acids is 1. The maximum Gasteiger partial charge on any atom is 0.341 e. The minimum atomic E-state index is -1.50. The van der Waals surface area contributed by atoms with Gasteiger partial charge in [-0.25, -0.2) is 23.5 Å². The molecule has 6 rings (SSSR count). The lowest BCUT2D eigenvalue weighted by Crippen LogP contribution is -2.47. The average molecular weight is 581 g/mol. The molecule has 2 saturated heterocycles. The van der Waals surface area contributed by atoms with Gasteiger partial charge in [0.25, 0.3) is 0 Å². The van der Waals surface area contributed by atoms with Gasteiger partial charge in [-0.05, 0) is 55.8 Å². The Morgan fingerprint density at radius 1 is 0.951 bits per heavy atom. The fourth-order valence-corrected chi connectivity index (χ4v) is 6.07. The van der Waals surface area contributed by atoms with Gasteiger partial charge in [-0.15, -0.1) is 0 Å². The van der Waals surface area contributed by atoms with E-state index >= 15 is 8.78 Å². The van der Waals surface area contributed by atoms with Crippen molar-refractivity contribution in [1.29, 1.82) is 0 Å². The van der Waals surface area contributed by atoms with E-state index in [1.807, 2.05) is 4.90 Å². The van der Waals surface area contributed by atoms with Crippen LogP contribution in [0.4, 0.5) is 20.4 Å². The summed E-state index contributed by atoms with van der Waals surface area (Å²) in [6.07, 6.45) is 6.57. The number of aromatic nitrogens is 3. The number of hydrogen-bond acceptors (Lipinski definition) is 7. The summed E-state index contributed by atoms with van der Waals surface area (Å²) >= 11 is 6.83. The first-order chi connectivity index (χ1) is 19.8. The van der Waals surface area contributed by atoms with Crippen LogP contribution < -0.4 is 15.2 Å². The van der Waals surface area contributed by atoms with Crippen LogP contribution in [0.5, 0.6) is 0 Å². The quantitative estimate of drug-likeness (QED) is 0.360. The smallest absolute Gasteiger partial charge is 0.341 e. The number of pyridine rings is 1. The molecule has 2 aliphatic rings. The van der Waals surface area contributed by atoms with Crippen LogP contribution in [0.2, 0.25) is 5.02 Å². The van der Waals surface area contributed by atoms with Crippen LogP contribution in [-0.4, -0.2) is 69.8 Å². The summed E-state index contributed by atoms with van der Waals surface area (Å²) in [5.41, 5.74) is -0.623. The van der Waals surface area contributed by atoms with Gasteiger partial charge >= 0.3 is 5.97 Å². The number of nitrogens with zero attached hydrogens (tertiary/aromatic N) is 6. The minimum Gasteiger partial charge on any atom is -0.477 e. The molecule has 2 fully saturated rings. The second-order valence-electron chi connectivity index (χ2n) is 10.3. The molecule has 0 saturated carbocycles. The predicted octanol–water partition coefficient (Wildman–Crippen LogP) is 4.33. The number of benzene rings is 2. The molecule has 212 valence electrons. The number of anilines is 2. The third kappa shape index (κ3) is 5.11. The molecule has 4 heterocycles. The number of aromatic carboxylic acids is 1. The van der Waals surface area contributed by atoms with Gasteiger partial charge in [0.1, 0.15) is 17.2 Å². The van der Waals surface area contributed by atoms with E-state index in [1.165, 1.54) is 16.7 Å². The molecule has 2 aromatic heterocycles. The summed E-state index contributed by atoms with van der Waals surface area (Å²) in [6.45, 7) is 4.26. The van der Waals surface area contributed by atoms with Crippen molar-refractivity contribution in [2.45, 2.75) is 19.4 Å². The Kier molecular flexibility index (Phi) is 7.31. The maximum atomic E-state index is 15.6. The van der Waals surface area contributed by atoms with E-state index in [1.54, 1.807) is 29.4 Å². The predicted molar refractivity (Wildman–Crippen MR) is 152 cm³/mol. The lowest BCUT2D eigenvalue weighted by Gasteiger charge is -2.36. The largest absolute Gasteiger partial charge is 0.477 e. The Morgan fingerprint density at radius 3 is 2.29 bits per heavy atom. The number of halogens is 3. The van der Waals surface area contributed by atoms with E-state index in [9.17, 15) is 14.7 Å². The van der Waals surface area contributed by atoms with E-state index < -0.39 is 28.6 Å². The number of carbonyl (C=O) groups is 1. The fraction of sp³-hybridized carbons (Fsp3) is 0.310. The van der Waals surface area contributed by atoms with Gasteiger partial charge in [0.2, 0.25) is 11.4 Å². The van der Waals surface area contributed by atoms with Gasteiger partial charge in [-0.1, -0.05) is 17.7 Å². The van der Waals surface area contributed by atoms with Crippen molar-refractivity contribution >= 4 is 40.1 Å². The van der Waals surface area contributed by atoms with Crippen LogP contribution >= 0.6 is 11.6 Å². The molecular formula is C29H27ClF2N6O3. The highest BCUT2D eigenvalue weighted by Crippen LogP contribution is 2.37. The number of hydrogen-bond donors (Lipinski definition) is 1. The minimum absolute atomic E-state index is 0.00757. The molecule has 1 N–H and O–H groups in total. The molecule has 12 heteroatoms. The summed E-state index contributed by atoms with van der Waals surface area (Å²) < 4.78 is 32.5. The Hall–Kier alpha value is -4.09. The van der Waals surface area contributed by atoms with Crippen molar-refractivity contribution in [2.75, 3.05) is 49.1 Å². The molecule has 0 atom stereocenters. The van der Waals surface area contributed by atoms with Crippen LogP contribution in [0, 0.1) is 11.6 Å². The third-order valence-electron chi connectivity index (χ3n) is 7.69. The van der Waals surface area contributed by atoms with Crippen LogP contribution in [-0.2, 0) is 6.54 Å². The lowest BCUT2D eigenvalue weighted by atomic mass is 10.1. The third-order valence-corrected chi connectivity index (χ3v) is 8.05. The molecule has 0 bridgehead atoms. The number of rotatable bonds is 6. The van der Waals surface area contributed by atoms with E-state index in [2.05, 4.69) is 14.9 Å². The van der Waals surface area contributed by atoms with E-state index in [4.69, 9.17) is 11.6 Å². The van der Waals surface area contributed by atoms with Crippen molar-refractivity contribution in [3.8, 4) is 5.69 Å². The summed E-state index contributed by atoms with van der Waals surface area (Å²) in [5, 5.41) is 9.38. The molecule has 41 heavy (non-hydrogen) atoms. The Morgan fingerprint density at radius 2 is 1.63 bits per heavy atom. The summed E-state index contributed by atoms with van der Waals surface area (Å²) in [6, 6.07) is 7.43. The normalized spacial score (nSPS) is 16.1. The van der Waals surface area contributed by atoms with E-state index in [-0.39, 0.29) is 27.3 Å². The summed E-state index contributed by atoms with van der Waals surface area (Å²) in [5.74, 6) is -2.31. The zero-order chi connectivity index (χ0) is 28.7. The highest BCUT2D eigenvalue weighted by atomic mass is 35.5. The van der Waals surface area contributed by atoms with E-state index in [0.717, 1.165) is 43.8 Å². The first-order valence-corrected chi connectivity index (χ1v) is 13.8. The second-order valence-corrected chi connectivity index (χ2v) is 10.6. The highest BCUT2D eigenvalue weighted by molar-refractivity contribution is 6.38. The first-order valence-electron chi connectivity index (χ1n) is 13.4. The van der Waals surface area contributed by atoms with Crippen LogP contribution in [0.3, 0.4) is 0 Å². The van der Waals surface area contributed by atoms with Gasteiger partial charge < -0.3 is 19.5 Å². The lowest BCUT2D eigenvalue weighted by molar-refractivity contribution is 0.0695. The highest BCUT2D eigenvalue weighted by Gasteiger charge is 2.28. The zero-order valence-electron chi connectivity index (χ0n) is 22.1. The summed E-state index contributed by atoms with van der Waals surface area (Å²) in [7, 11) is 0. The molecule has 0 amide bonds. The van der Waals surface area contributed by atoms with Crippen molar-refractivity contribution in [3.63, 3.8) is 0 Å². The molecule has 0 unspecified atom stereocenters. The van der Waals surface area contributed by atoms with Gasteiger partial charge in [-0.3, -0.25) is 9.69 Å². The van der Waals surface area contributed by atoms with Crippen molar-refractivity contribution < 1.29 is 18.7 Å². The Bertz CT molecular complexity index is 1690. The number of carboxylic acid groups (broad SMARTS) is 1. The van der Waals surface area contributed by atoms with E-state index in [0.29, 0.717) is 38.7 Å². The van der Waals surface area contributed by atoms with Crippen molar-refractivity contribution in [1.82, 2.24) is 19.4 Å². The van der Waals surface area contributed by atoms with Gasteiger partial charge in [0, 0.05) is 51.3 Å².